The standard InChI is InChI=1S/C10H14ClNO2/c1-12-8-4-2-7(3-5-8)10(14)9(13)6-11/h2-5,9-10,12-14H,6H2,1H3. The Balaban J connectivity index is 2.75. The summed E-state index contributed by atoms with van der Waals surface area (Å²) in [5.41, 5.74) is 1.62. The van der Waals surface area contributed by atoms with Crippen LogP contribution in [0.25, 0.3) is 0 Å². The lowest BCUT2D eigenvalue weighted by molar-refractivity contribution is 0.0327. The monoisotopic (exact) mass is 215 g/mol. The fraction of sp³-hybridized carbons (Fsp3) is 0.400. The predicted molar refractivity (Wildman–Crippen MR) is 57.7 cm³/mol. The zero-order valence-corrected chi connectivity index (χ0v) is 8.70. The van der Waals surface area contributed by atoms with Crippen LogP contribution in [0.15, 0.2) is 24.3 Å². The van der Waals surface area contributed by atoms with Gasteiger partial charge in [-0.1, -0.05) is 12.1 Å². The molecule has 0 aliphatic rings. The van der Waals surface area contributed by atoms with E-state index < -0.39 is 12.2 Å². The van der Waals surface area contributed by atoms with E-state index in [-0.39, 0.29) is 5.88 Å². The van der Waals surface area contributed by atoms with E-state index in [2.05, 4.69) is 5.32 Å². The van der Waals surface area contributed by atoms with Crippen LogP contribution in [-0.4, -0.2) is 29.2 Å². The van der Waals surface area contributed by atoms with E-state index in [0.717, 1.165) is 5.69 Å². The molecule has 0 radical (unpaired) electrons. The second-order valence-electron chi connectivity index (χ2n) is 3.04. The summed E-state index contributed by atoms with van der Waals surface area (Å²) in [5.74, 6) is 0.0228. The van der Waals surface area contributed by atoms with Gasteiger partial charge < -0.3 is 15.5 Å². The highest BCUT2D eigenvalue weighted by molar-refractivity contribution is 6.18. The summed E-state index contributed by atoms with van der Waals surface area (Å²) in [6, 6.07) is 7.18. The summed E-state index contributed by atoms with van der Waals surface area (Å²) < 4.78 is 0. The third-order valence-corrected chi connectivity index (χ3v) is 2.38. The highest BCUT2D eigenvalue weighted by Crippen LogP contribution is 2.19. The van der Waals surface area contributed by atoms with Crippen LogP contribution >= 0.6 is 11.6 Å². The number of alkyl halides is 1. The quantitative estimate of drug-likeness (QED) is 0.665. The molecule has 2 unspecified atom stereocenters. The van der Waals surface area contributed by atoms with Crippen LogP contribution in [0.2, 0.25) is 0 Å². The normalized spacial score (nSPS) is 14.9. The molecular formula is C10H14ClNO2. The number of rotatable bonds is 4. The maximum Gasteiger partial charge on any atom is 0.106 e. The van der Waals surface area contributed by atoms with E-state index >= 15 is 0 Å². The van der Waals surface area contributed by atoms with E-state index in [1.165, 1.54) is 0 Å². The fourth-order valence-electron chi connectivity index (χ4n) is 1.15. The second kappa shape index (κ2) is 5.20. The van der Waals surface area contributed by atoms with E-state index in [0.29, 0.717) is 5.56 Å². The van der Waals surface area contributed by atoms with Crippen molar-refractivity contribution in [3.63, 3.8) is 0 Å². The zero-order valence-electron chi connectivity index (χ0n) is 7.94. The molecule has 0 spiro atoms. The molecule has 0 aliphatic heterocycles. The molecule has 0 bridgehead atoms. The van der Waals surface area contributed by atoms with Gasteiger partial charge in [0.05, 0.1) is 12.0 Å². The van der Waals surface area contributed by atoms with Gasteiger partial charge in [0.2, 0.25) is 0 Å². The first-order chi connectivity index (χ1) is 6.69. The van der Waals surface area contributed by atoms with Crippen molar-refractivity contribution < 1.29 is 10.2 Å². The first-order valence-electron chi connectivity index (χ1n) is 4.39. The lowest BCUT2D eigenvalue weighted by Crippen LogP contribution is -2.19. The zero-order chi connectivity index (χ0) is 10.6. The van der Waals surface area contributed by atoms with E-state index in [1.54, 1.807) is 12.1 Å². The molecule has 0 saturated carbocycles. The number of benzene rings is 1. The van der Waals surface area contributed by atoms with Crippen molar-refractivity contribution in [1.82, 2.24) is 0 Å². The predicted octanol–water partition coefficient (Wildman–Crippen LogP) is 1.36. The number of aliphatic hydroxyl groups excluding tert-OH is 2. The molecule has 14 heavy (non-hydrogen) atoms. The van der Waals surface area contributed by atoms with Gasteiger partial charge in [0.1, 0.15) is 6.10 Å². The van der Waals surface area contributed by atoms with E-state index in [4.69, 9.17) is 11.6 Å². The summed E-state index contributed by atoms with van der Waals surface area (Å²) in [4.78, 5) is 0. The number of hydrogen-bond acceptors (Lipinski definition) is 3. The van der Waals surface area contributed by atoms with Gasteiger partial charge in [0.25, 0.3) is 0 Å². The summed E-state index contributed by atoms with van der Waals surface area (Å²) in [5, 5.41) is 21.9. The largest absolute Gasteiger partial charge is 0.389 e. The SMILES string of the molecule is CNc1ccc(C(O)C(O)CCl)cc1. The summed E-state index contributed by atoms with van der Waals surface area (Å²) in [6.45, 7) is 0. The van der Waals surface area contributed by atoms with Crippen molar-refractivity contribution in [2.24, 2.45) is 0 Å². The third-order valence-electron chi connectivity index (χ3n) is 2.06. The number of halogens is 1. The van der Waals surface area contributed by atoms with Gasteiger partial charge in [-0.3, -0.25) is 0 Å². The highest BCUT2D eigenvalue weighted by Gasteiger charge is 2.16. The minimum atomic E-state index is -0.919. The van der Waals surface area contributed by atoms with Crippen molar-refractivity contribution in [1.29, 1.82) is 0 Å². The Labute approximate surface area is 88.3 Å². The molecule has 1 aromatic rings. The summed E-state index contributed by atoms with van der Waals surface area (Å²) in [7, 11) is 1.82. The molecule has 0 fully saturated rings. The molecular weight excluding hydrogens is 202 g/mol. The lowest BCUT2D eigenvalue weighted by Gasteiger charge is -2.15. The maximum atomic E-state index is 9.60. The van der Waals surface area contributed by atoms with Crippen LogP contribution in [-0.2, 0) is 0 Å². The van der Waals surface area contributed by atoms with Crippen LogP contribution in [0, 0.1) is 0 Å². The van der Waals surface area contributed by atoms with Crippen molar-refractivity contribution in [2.45, 2.75) is 12.2 Å². The van der Waals surface area contributed by atoms with Crippen molar-refractivity contribution in [3.05, 3.63) is 29.8 Å². The van der Waals surface area contributed by atoms with Gasteiger partial charge in [0, 0.05) is 12.7 Å². The molecule has 0 aliphatic carbocycles. The Morgan fingerprint density at radius 3 is 2.29 bits per heavy atom. The van der Waals surface area contributed by atoms with Crippen molar-refractivity contribution >= 4 is 17.3 Å². The maximum absolute atomic E-state index is 9.60. The Hall–Kier alpha value is -0.770. The van der Waals surface area contributed by atoms with E-state index in [9.17, 15) is 10.2 Å². The third kappa shape index (κ3) is 2.61. The van der Waals surface area contributed by atoms with Gasteiger partial charge in [0.15, 0.2) is 0 Å². The molecule has 0 heterocycles. The fourth-order valence-corrected chi connectivity index (χ4v) is 1.32. The van der Waals surface area contributed by atoms with E-state index in [1.807, 2.05) is 19.2 Å². The topological polar surface area (TPSA) is 52.5 Å². The lowest BCUT2D eigenvalue weighted by atomic mass is 10.1. The Morgan fingerprint density at radius 2 is 1.86 bits per heavy atom. The Morgan fingerprint density at radius 1 is 1.29 bits per heavy atom. The average Bonchev–Trinajstić information content (AvgIpc) is 2.27. The molecule has 0 saturated heterocycles. The number of anilines is 1. The van der Waals surface area contributed by atoms with Gasteiger partial charge >= 0.3 is 0 Å². The first kappa shape index (κ1) is 11.3. The Bertz CT molecular complexity index is 276. The summed E-state index contributed by atoms with van der Waals surface area (Å²) >= 11 is 5.43. The highest BCUT2D eigenvalue weighted by atomic mass is 35.5. The van der Waals surface area contributed by atoms with Gasteiger partial charge in [-0.05, 0) is 17.7 Å². The number of nitrogens with one attached hydrogen (secondary N) is 1. The van der Waals surface area contributed by atoms with Crippen LogP contribution < -0.4 is 5.32 Å². The molecule has 0 aromatic heterocycles. The molecule has 0 amide bonds. The van der Waals surface area contributed by atoms with Gasteiger partial charge in [-0.25, -0.2) is 0 Å². The van der Waals surface area contributed by atoms with Gasteiger partial charge in [-0.2, -0.15) is 0 Å². The second-order valence-corrected chi connectivity index (χ2v) is 3.35. The van der Waals surface area contributed by atoms with Crippen molar-refractivity contribution in [3.8, 4) is 0 Å². The van der Waals surface area contributed by atoms with Crippen LogP contribution in [0.3, 0.4) is 0 Å². The van der Waals surface area contributed by atoms with Gasteiger partial charge in [-0.15, -0.1) is 11.6 Å². The number of aliphatic hydroxyl groups is 2. The minimum Gasteiger partial charge on any atom is -0.389 e. The molecule has 78 valence electrons. The molecule has 1 aromatic carbocycles. The Kier molecular flexibility index (Phi) is 4.20. The molecule has 3 N–H and O–H groups in total. The van der Waals surface area contributed by atoms with Crippen LogP contribution in [0.4, 0.5) is 5.69 Å². The molecule has 3 nitrogen and oxygen atoms in total. The number of hydrogen-bond donors (Lipinski definition) is 3. The van der Waals surface area contributed by atoms with Crippen molar-refractivity contribution in [2.75, 3.05) is 18.2 Å². The molecule has 4 heteroatoms. The first-order valence-corrected chi connectivity index (χ1v) is 4.92. The van der Waals surface area contributed by atoms with Crippen LogP contribution in [0.1, 0.15) is 11.7 Å². The smallest absolute Gasteiger partial charge is 0.106 e. The minimum absolute atomic E-state index is 0.0228. The molecule has 1 rings (SSSR count). The molecule has 2 atom stereocenters. The summed E-state index contributed by atoms with van der Waals surface area (Å²) in [6.07, 6.45) is -1.84. The van der Waals surface area contributed by atoms with Crippen LogP contribution in [0.5, 0.6) is 0 Å². The average molecular weight is 216 g/mol.